The van der Waals surface area contributed by atoms with Crippen LogP contribution < -0.4 is 10.2 Å². The SMILES string of the molecule is Cc1noc(C2CCN(C(=O)NC3CCN(c4ncccc4Cl)C3)CC2)n1. The van der Waals surface area contributed by atoms with Gasteiger partial charge in [-0.15, -0.1) is 0 Å². The Balaban J connectivity index is 1.27. The van der Waals surface area contributed by atoms with Gasteiger partial charge in [0.05, 0.1) is 5.02 Å². The highest BCUT2D eigenvalue weighted by Crippen LogP contribution is 2.28. The van der Waals surface area contributed by atoms with Crippen LogP contribution in [-0.4, -0.2) is 58.3 Å². The Kier molecular flexibility index (Phi) is 5.15. The Morgan fingerprint density at radius 3 is 2.81 bits per heavy atom. The first-order valence-electron chi connectivity index (χ1n) is 9.31. The van der Waals surface area contributed by atoms with Crippen LogP contribution in [0.15, 0.2) is 22.9 Å². The monoisotopic (exact) mass is 390 g/mol. The second-order valence-corrected chi connectivity index (χ2v) is 7.54. The number of carbonyl (C=O) groups is 1. The zero-order chi connectivity index (χ0) is 18.8. The number of aromatic nitrogens is 3. The van der Waals surface area contributed by atoms with E-state index in [1.165, 1.54) is 0 Å². The number of hydrogen-bond donors (Lipinski definition) is 1. The summed E-state index contributed by atoms with van der Waals surface area (Å²) >= 11 is 6.23. The van der Waals surface area contributed by atoms with Gasteiger partial charge in [0.1, 0.15) is 5.82 Å². The van der Waals surface area contributed by atoms with Gasteiger partial charge in [0.2, 0.25) is 5.89 Å². The molecule has 27 heavy (non-hydrogen) atoms. The molecule has 8 nitrogen and oxygen atoms in total. The minimum atomic E-state index is -0.00544. The van der Waals surface area contributed by atoms with Crippen LogP contribution in [0, 0.1) is 6.92 Å². The quantitative estimate of drug-likeness (QED) is 0.866. The van der Waals surface area contributed by atoms with Crippen molar-refractivity contribution in [1.29, 1.82) is 0 Å². The predicted molar refractivity (Wildman–Crippen MR) is 101 cm³/mol. The molecule has 144 valence electrons. The van der Waals surface area contributed by atoms with E-state index in [4.69, 9.17) is 16.1 Å². The molecule has 1 unspecified atom stereocenters. The van der Waals surface area contributed by atoms with Gasteiger partial charge in [0.15, 0.2) is 5.82 Å². The molecule has 2 aromatic rings. The van der Waals surface area contributed by atoms with Gasteiger partial charge in [-0.25, -0.2) is 9.78 Å². The number of halogens is 1. The molecule has 0 saturated carbocycles. The van der Waals surface area contributed by atoms with Crippen LogP contribution in [-0.2, 0) is 0 Å². The minimum Gasteiger partial charge on any atom is -0.353 e. The number of nitrogens with one attached hydrogen (secondary N) is 1. The van der Waals surface area contributed by atoms with Crippen LogP contribution in [0.2, 0.25) is 5.02 Å². The molecule has 9 heteroatoms. The van der Waals surface area contributed by atoms with Gasteiger partial charge in [0, 0.05) is 44.3 Å². The molecule has 2 aliphatic rings. The lowest BCUT2D eigenvalue weighted by molar-refractivity contribution is 0.172. The number of rotatable bonds is 3. The number of amides is 2. The first-order valence-corrected chi connectivity index (χ1v) is 9.69. The highest BCUT2D eigenvalue weighted by molar-refractivity contribution is 6.32. The minimum absolute atomic E-state index is 0.00544. The summed E-state index contributed by atoms with van der Waals surface area (Å²) < 4.78 is 5.27. The molecule has 1 N–H and O–H groups in total. The number of aryl methyl sites for hydroxylation is 1. The van der Waals surface area contributed by atoms with Gasteiger partial charge < -0.3 is 19.6 Å². The van der Waals surface area contributed by atoms with Gasteiger partial charge in [0.25, 0.3) is 0 Å². The summed E-state index contributed by atoms with van der Waals surface area (Å²) in [5.74, 6) is 2.37. The fourth-order valence-corrected chi connectivity index (χ4v) is 4.00. The van der Waals surface area contributed by atoms with Crippen molar-refractivity contribution in [1.82, 2.24) is 25.3 Å². The predicted octanol–water partition coefficient (Wildman–Crippen LogP) is 2.59. The number of hydrogen-bond acceptors (Lipinski definition) is 6. The van der Waals surface area contributed by atoms with Crippen molar-refractivity contribution in [2.75, 3.05) is 31.1 Å². The molecule has 2 saturated heterocycles. The average Bonchev–Trinajstić information content (AvgIpc) is 3.31. The third-order valence-corrected chi connectivity index (χ3v) is 5.52. The van der Waals surface area contributed by atoms with Crippen LogP contribution in [0.4, 0.5) is 10.6 Å². The molecule has 0 bridgehead atoms. The van der Waals surface area contributed by atoms with Crippen molar-refractivity contribution < 1.29 is 9.32 Å². The second kappa shape index (κ2) is 7.72. The number of anilines is 1. The van der Waals surface area contributed by atoms with E-state index >= 15 is 0 Å². The number of likely N-dealkylation sites (tertiary alicyclic amines) is 1. The second-order valence-electron chi connectivity index (χ2n) is 7.13. The third kappa shape index (κ3) is 4.00. The molecule has 1 atom stereocenters. The number of piperidine rings is 1. The lowest BCUT2D eigenvalue weighted by Gasteiger charge is -2.31. The summed E-state index contributed by atoms with van der Waals surface area (Å²) in [5, 5.41) is 7.65. The number of nitrogens with zero attached hydrogens (tertiary/aromatic N) is 5. The number of pyridine rings is 1. The normalized spacial score (nSPS) is 20.9. The van der Waals surface area contributed by atoms with E-state index in [0.29, 0.717) is 29.8 Å². The Labute approximate surface area is 162 Å². The van der Waals surface area contributed by atoms with E-state index in [9.17, 15) is 4.79 Å². The highest BCUT2D eigenvalue weighted by Gasteiger charge is 2.30. The van der Waals surface area contributed by atoms with Gasteiger partial charge in [-0.3, -0.25) is 0 Å². The van der Waals surface area contributed by atoms with E-state index in [1.54, 1.807) is 6.20 Å². The summed E-state index contributed by atoms with van der Waals surface area (Å²) in [4.78, 5) is 25.3. The maximum absolute atomic E-state index is 12.6. The van der Waals surface area contributed by atoms with Crippen molar-refractivity contribution in [3.8, 4) is 0 Å². The van der Waals surface area contributed by atoms with E-state index in [-0.39, 0.29) is 18.0 Å². The van der Waals surface area contributed by atoms with Crippen LogP contribution in [0.3, 0.4) is 0 Å². The molecule has 2 amide bonds. The highest BCUT2D eigenvalue weighted by atomic mass is 35.5. The molecule has 0 spiro atoms. The largest absolute Gasteiger partial charge is 0.353 e. The van der Waals surface area contributed by atoms with Crippen molar-refractivity contribution in [3.63, 3.8) is 0 Å². The van der Waals surface area contributed by atoms with Crippen molar-refractivity contribution in [3.05, 3.63) is 35.1 Å². The zero-order valence-corrected chi connectivity index (χ0v) is 16.0. The van der Waals surface area contributed by atoms with E-state index < -0.39 is 0 Å². The number of carbonyl (C=O) groups excluding carboxylic acids is 1. The van der Waals surface area contributed by atoms with Gasteiger partial charge in [-0.2, -0.15) is 4.98 Å². The molecule has 4 heterocycles. The fourth-order valence-electron chi connectivity index (χ4n) is 3.75. The summed E-state index contributed by atoms with van der Waals surface area (Å²) in [6, 6.07) is 3.76. The number of urea groups is 1. The molecular weight excluding hydrogens is 368 g/mol. The molecule has 2 aliphatic heterocycles. The molecular formula is C18H23ClN6O2. The molecule has 0 radical (unpaired) electrons. The smallest absolute Gasteiger partial charge is 0.317 e. The molecule has 4 rings (SSSR count). The van der Waals surface area contributed by atoms with Gasteiger partial charge >= 0.3 is 6.03 Å². The lowest BCUT2D eigenvalue weighted by atomic mass is 9.97. The molecule has 0 aromatic carbocycles. The van der Waals surface area contributed by atoms with E-state index in [2.05, 4.69) is 25.3 Å². The summed E-state index contributed by atoms with van der Waals surface area (Å²) in [7, 11) is 0. The maximum Gasteiger partial charge on any atom is 0.317 e. The first-order chi connectivity index (χ1) is 13.1. The topological polar surface area (TPSA) is 87.4 Å². The summed E-state index contributed by atoms with van der Waals surface area (Å²) in [6.45, 7) is 4.76. The molecule has 0 aliphatic carbocycles. The molecule has 2 fully saturated rings. The lowest BCUT2D eigenvalue weighted by Crippen LogP contribution is -2.48. The Morgan fingerprint density at radius 2 is 2.11 bits per heavy atom. The average molecular weight is 391 g/mol. The Bertz CT molecular complexity index is 805. The third-order valence-electron chi connectivity index (χ3n) is 5.23. The van der Waals surface area contributed by atoms with Crippen molar-refractivity contribution in [2.45, 2.75) is 38.1 Å². The van der Waals surface area contributed by atoms with Crippen LogP contribution in [0.5, 0.6) is 0 Å². The molecule has 2 aromatic heterocycles. The summed E-state index contributed by atoms with van der Waals surface area (Å²) in [6.07, 6.45) is 4.31. The van der Waals surface area contributed by atoms with Crippen LogP contribution >= 0.6 is 11.6 Å². The van der Waals surface area contributed by atoms with E-state index in [0.717, 1.165) is 38.2 Å². The Hall–Kier alpha value is -2.35. The van der Waals surface area contributed by atoms with Crippen LogP contribution in [0.25, 0.3) is 0 Å². The maximum atomic E-state index is 12.6. The zero-order valence-electron chi connectivity index (χ0n) is 15.3. The van der Waals surface area contributed by atoms with Crippen molar-refractivity contribution in [2.24, 2.45) is 0 Å². The van der Waals surface area contributed by atoms with Gasteiger partial charge in [-0.1, -0.05) is 16.8 Å². The fraction of sp³-hybridized carbons (Fsp3) is 0.556. The van der Waals surface area contributed by atoms with Gasteiger partial charge in [-0.05, 0) is 38.3 Å². The Morgan fingerprint density at radius 1 is 1.30 bits per heavy atom. The first kappa shape index (κ1) is 18.0. The van der Waals surface area contributed by atoms with Crippen LogP contribution in [0.1, 0.15) is 36.9 Å². The summed E-state index contributed by atoms with van der Waals surface area (Å²) in [5.41, 5.74) is 0. The standard InChI is InChI=1S/C18H23ClN6O2/c1-12-21-17(27-23-12)13-4-8-24(9-5-13)18(26)22-14-6-10-25(11-14)16-15(19)3-2-7-20-16/h2-3,7,13-14H,4-6,8-11H2,1H3,(H,22,26). The van der Waals surface area contributed by atoms with E-state index in [1.807, 2.05) is 24.0 Å². The van der Waals surface area contributed by atoms with Crippen molar-refractivity contribution >= 4 is 23.4 Å².